The van der Waals surface area contributed by atoms with Crippen molar-refractivity contribution in [2.45, 2.75) is 12.2 Å². The van der Waals surface area contributed by atoms with Crippen LogP contribution in [-0.4, -0.2) is 33.6 Å². The molecule has 454 valence electrons. The van der Waals surface area contributed by atoms with Crippen molar-refractivity contribution < 1.29 is 18.3 Å². The first-order chi connectivity index (χ1) is 48.6. The van der Waals surface area contributed by atoms with Crippen LogP contribution >= 0.6 is 0 Å². The number of aromatic nitrogens is 2. The fourth-order valence-corrected chi connectivity index (χ4v) is 19.0. The van der Waals surface area contributed by atoms with Gasteiger partial charge in [-0.1, -0.05) is 158 Å². The molecule has 0 bridgehead atoms. The zero-order valence-corrected chi connectivity index (χ0v) is 52.4. The molecule has 8 heteroatoms. The third-order valence-electron chi connectivity index (χ3n) is 22.9. The van der Waals surface area contributed by atoms with Crippen LogP contribution in [0.2, 0.25) is 0 Å². The fraction of sp³-hybridized carbons (Fsp3) is 0.0667. The Morgan fingerprint density at radius 2 is 0.796 bits per heavy atom. The number of nitrogens with zero attached hydrogens (tertiary/aromatic N) is 4. The van der Waals surface area contributed by atoms with E-state index in [0.717, 1.165) is 143 Å². The van der Waals surface area contributed by atoms with E-state index in [1.807, 2.05) is 36.9 Å². The van der Waals surface area contributed by atoms with Crippen molar-refractivity contribution in [2.75, 3.05) is 0 Å². The maximum absolute atomic E-state index is 7.26. The Bertz CT molecular complexity index is 6240. The van der Waals surface area contributed by atoms with Crippen LogP contribution in [0.15, 0.2) is 332 Å². The Hall–Kier alpha value is -12.5. The average molecular weight is 1250 g/mol. The summed E-state index contributed by atoms with van der Waals surface area (Å²) in [6.07, 6.45) is 69.8. The first-order valence-corrected chi connectivity index (χ1v) is 34.0. The smallest absolute Gasteiger partial charge is 0.257 e. The molecule has 0 spiro atoms. The monoisotopic (exact) mass is 1250 g/mol. The third-order valence-corrected chi connectivity index (χ3v) is 22.9. The van der Waals surface area contributed by atoms with E-state index in [4.69, 9.17) is 28.3 Å². The van der Waals surface area contributed by atoms with E-state index in [1.165, 1.54) is 66.9 Å². The summed E-state index contributed by atoms with van der Waals surface area (Å²) in [6, 6.07) is 31.6. The standard InChI is InChI=1S/C90H52N4O4/c1-3-29-75-69(27-1)93(73-43-77-67(41-79(73)95-75)87-61-25-9-23-53-51-19-5-13-47-15-7-21-55(83(47)51)65(85(53)61)39-81(87)97-77)71-37-63(49-17-11-35-91-45-49)57-32-34-60-72(38-64(50-18-12-36-92-46-50)58-31-33-59(71)89(57)90(58)60)94-70-28-2-4-30-76(70)96-80-42-68-78(44-74(80)94)98-82-40-66-56-22-8-16-48-14-6-20-52(84(48)56)54-24-10-26-62(86(54)66)88(68)82/h1-46,75-76,83-86H/q+2. The molecule has 6 unspecified atom stereocenters. The Labute approximate surface area is 560 Å². The van der Waals surface area contributed by atoms with Gasteiger partial charge in [0.1, 0.15) is 22.0 Å². The Morgan fingerprint density at radius 3 is 1.27 bits per heavy atom. The van der Waals surface area contributed by atoms with Gasteiger partial charge in [0.2, 0.25) is 35.0 Å². The normalized spacial score (nSPS) is 23.6. The molecule has 14 aliphatic rings. The van der Waals surface area contributed by atoms with Gasteiger partial charge in [0.15, 0.2) is 11.5 Å². The molecule has 0 radical (unpaired) electrons. The van der Waals surface area contributed by atoms with Gasteiger partial charge in [0.25, 0.3) is 11.4 Å². The lowest BCUT2D eigenvalue weighted by Crippen LogP contribution is -2.37. The van der Waals surface area contributed by atoms with E-state index < -0.39 is 0 Å². The van der Waals surface area contributed by atoms with Crippen molar-refractivity contribution in [2.24, 2.45) is 23.7 Å². The van der Waals surface area contributed by atoms with Crippen LogP contribution in [0.4, 0.5) is 22.7 Å². The molecule has 8 nitrogen and oxygen atoms in total. The van der Waals surface area contributed by atoms with Crippen LogP contribution in [0.3, 0.4) is 0 Å². The van der Waals surface area contributed by atoms with Crippen molar-refractivity contribution in [1.82, 2.24) is 19.1 Å². The molecule has 6 atom stereocenters. The van der Waals surface area contributed by atoms with Gasteiger partial charge in [-0.05, 0) is 149 Å². The summed E-state index contributed by atoms with van der Waals surface area (Å²) in [4.78, 5) is 9.58. The number of allylic oxidation sites excluding steroid dienone is 32. The highest BCUT2D eigenvalue weighted by atomic mass is 16.5. The highest BCUT2D eigenvalue weighted by Crippen LogP contribution is 2.57. The van der Waals surface area contributed by atoms with Crippen molar-refractivity contribution in [1.29, 1.82) is 0 Å². The lowest BCUT2D eigenvalue weighted by Gasteiger charge is -2.41. The lowest BCUT2D eigenvalue weighted by atomic mass is 9.61. The van der Waals surface area contributed by atoms with Gasteiger partial charge < -0.3 is 18.3 Å². The minimum Gasteiger partial charge on any atom is -0.468 e. The Kier molecular flexibility index (Phi) is 9.89. The van der Waals surface area contributed by atoms with E-state index >= 15 is 0 Å². The SMILES string of the molecule is C1=CC2=CC=CC3=C4C=c5oc6cc7c(cc6c5=C5C=CC=C(C(=C1)C23)C45)OC1C=CC=CC1=[N+]7c1cc(-c2cccnc2)c2ccc3c([N+]4=C5C=CC=CC5Oc5cc6c7c(oc6cc54)=CC4=C5C=CC=C6C=CC=C(C8=CC=CC=7C84)C65)cc(-c4cccnc4)c4ccc1c2c43. The molecule has 6 aromatic carbocycles. The van der Waals surface area contributed by atoms with Gasteiger partial charge in [0.05, 0.1) is 22.9 Å². The molecule has 10 aromatic rings. The second kappa shape index (κ2) is 18.7. The Balaban J connectivity index is 0.756. The predicted octanol–water partition coefficient (Wildman–Crippen LogP) is 16.5. The molecule has 0 saturated heterocycles. The minimum absolute atomic E-state index is 0.0876. The van der Waals surface area contributed by atoms with Crippen molar-refractivity contribution in [3.63, 3.8) is 0 Å². The number of hydrogen-bond acceptors (Lipinski definition) is 6. The summed E-state index contributed by atoms with van der Waals surface area (Å²) < 4.78 is 33.9. The molecule has 6 heterocycles. The van der Waals surface area contributed by atoms with E-state index in [0.29, 0.717) is 0 Å². The molecule has 0 amide bonds. The molecule has 12 aliphatic carbocycles. The number of pyridine rings is 2. The van der Waals surface area contributed by atoms with Gasteiger partial charge in [-0.15, -0.1) is 9.15 Å². The quantitative estimate of drug-likeness (QED) is 0.129. The van der Waals surface area contributed by atoms with Crippen LogP contribution in [0.25, 0.3) is 99.8 Å². The summed E-state index contributed by atoms with van der Waals surface area (Å²) in [7, 11) is 0. The molecular weight excluding hydrogens is 1200 g/mol. The number of benzene rings is 6. The van der Waals surface area contributed by atoms with Crippen LogP contribution in [-0.2, 0) is 0 Å². The van der Waals surface area contributed by atoms with Crippen LogP contribution < -0.4 is 39.9 Å². The number of hydrogen-bond donors (Lipinski definition) is 0. The second-order valence-electron chi connectivity index (χ2n) is 27.6. The first kappa shape index (κ1) is 51.8. The van der Waals surface area contributed by atoms with Crippen molar-refractivity contribution in [3.8, 4) is 33.8 Å². The van der Waals surface area contributed by atoms with Crippen molar-refractivity contribution in [3.05, 3.63) is 345 Å². The molecule has 0 N–H and O–H groups in total. The van der Waals surface area contributed by atoms with Crippen LogP contribution in [0, 0.1) is 23.7 Å². The lowest BCUT2D eigenvalue weighted by molar-refractivity contribution is 0.304. The molecule has 0 fully saturated rings. The van der Waals surface area contributed by atoms with Gasteiger partial charge in [-0.25, -0.2) is 0 Å². The molecule has 4 aromatic heterocycles. The summed E-state index contributed by atoms with van der Waals surface area (Å²) >= 11 is 0. The van der Waals surface area contributed by atoms with Gasteiger partial charge in [-0.2, -0.15) is 0 Å². The summed E-state index contributed by atoms with van der Waals surface area (Å²) in [5.41, 5.74) is 29.3. The van der Waals surface area contributed by atoms with E-state index in [2.05, 4.69) is 252 Å². The maximum atomic E-state index is 7.26. The molecule has 98 heavy (non-hydrogen) atoms. The maximum Gasteiger partial charge on any atom is 0.257 e. The molecule has 0 saturated carbocycles. The van der Waals surface area contributed by atoms with Gasteiger partial charge in [-0.3, -0.25) is 9.97 Å². The second-order valence-corrected chi connectivity index (χ2v) is 27.6. The van der Waals surface area contributed by atoms with E-state index in [9.17, 15) is 0 Å². The molecule has 24 rings (SSSR count). The van der Waals surface area contributed by atoms with Crippen LogP contribution in [0.5, 0.6) is 11.5 Å². The van der Waals surface area contributed by atoms with Crippen LogP contribution in [0.1, 0.15) is 0 Å². The average Bonchev–Trinajstić information content (AvgIpc) is 1.61. The number of rotatable bonds is 4. The molecule has 2 aliphatic heterocycles. The van der Waals surface area contributed by atoms with Crippen molar-refractivity contribution >= 4 is 112 Å². The predicted molar refractivity (Wildman–Crippen MR) is 393 cm³/mol. The van der Waals surface area contributed by atoms with Gasteiger partial charge >= 0.3 is 0 Å². The first-order valence-electron chi connectivity index (χ1n) is 34.0. The zero-order chi connectivity index (χ0) is 63.3. The number of furan rings is 2. The number of ether oxygens (including phenoxy) is 2. The third kappa shape index (κ3) is 6.68. The van der Waals surface area contributed by atoms with E-state index in [-0.39, 0.29) is 35.9 Å². The Morgan fingerprint density at radius 1 is 0.357 bits per heavy atom. The number of fused-ring (bicyclic) bond motifs is 12. The fourth-order valence-electron chi connectivity index (χ4n) is 19.0. The molecular formula is C90H52N4O4+2. The highest BCUT2D eigenvalue weighted by Gasteiger charge is 2.46. The minimum atomic E-state index is -0.380. The van der Waals surface area contributed by atoms with E-state index in [1.54, 1.807) is 0 Å². The summed E-state index contributed by atoms with van der Waals surface area (Å²) in [5.74, 6) is 2.15. The summed E-state index contributed by atoms with van der Waals surface area (Å²) in [6.45, 7) is 0. The van der Waals surface area contributed by atoms with Gasteiger partial charge in [0, 0.05) is 116 Å². The summed E-state index contributed by atoms with van der Waals surface area (Å²) in [5, 5.41) is 11.0. The highest BCUT2D eigenvalue weighted by molar-refractivity contribution is 6.32. The zero-order valence-electron chi connectivity index (χ0n) is 52.4. The largest absolute Gasteiger partial charge is 0.468 e. The topological polar surface area (TPSA) is 76.5 Å².